The fourth-order valence-corrected chi connectivity index (χ4v) is 2.00. The molecule has 4 N–H and O–H groups in total. The minimum Gasteiger partial charge on any atom is -0.443 e. The maximum absolute atomic E-state index is 10.4. The molecule has 0 saturated heterocycles. The Morgan fingerprint density at radius 3 is 2.16 bits per heavy atom. The van der Waals surface area contributed by atoms with Crippen molar-refractivity contribution in [3.05, 3.63) is 60.2 Å². The van der Waals surface area contributed by atoms with Gasteiger partial charge in [0.1, 0.15) is 0 Å². The van der Waals surface area contributed by atoms with Crippen LogP contribution in [0.4, 0.5) is 0 Å². The van der Waals surface area contributed by atoms with Crippen molar-refractivity contribution in [2.75, 3.05) is 13.7 Å². The Kier molecular flexibility index (Phi) is 6.89. The van der Waals surface area contributed by atoms with E-state index in [1.54, 1.807) is 0 Å². The van der Waals surface area contributed by atoms with Crippen molar-refractivity contribution in [2.45, 2.75) is 6.42 Å². The number of hydrogen-bond donors (Lipinski definition) is 3. The van der Waals surface area contributed by atoms with Gasteiger partial charge in [-0.25, -0.2) is 0 Å². The van der Waals surface area contributed by atoms with Crippen LogP contribution in [0, 0.1) is 0 Å². The lowest BCUT2D eigenvalue weighted by Crippen LogP contribution is -2.44. The van der Waals surface area contributed by atoms with Gasteiger partial charge in [0.25, 0.3) is 0 Å². The van der Waals surface area contributed by atoms with E-state index < -0.39 is 6.92 Å². The average molecular weight is 257 g/mol. The Labute approximate surface area is 114 Å². The van der Waals surface area contributed by atoms with Gasteiger partial charge in [-0.1, -0.05) is 54.6 Å². The number of aliphatic hydroxyl groups excluding tert-OH is 1. The summed E-state index contributed by atoms with van der Waals surface area (Å²) in [4.78, 5) is 0. The first-order chi connectivity index (χ1) is 9.33. The second kappa shape index (κ2) is 8.48. The molecule has 19 heavy (non-hydrogen) atoms. The van der Waals surface area contributed by atoms with Gasteiger partial charge in [-0.05, 0) is 29.5 Å². The SMILES string of the molecule is CO.NCCc1ccccc1B(O)c1ccccc1. The molecule has 0 fully saturated rings. The Morgan fingerprint density at radius 1 is 0.947 bits per heavy atom. The molecule has 2 rings (SSSR count). The topological polar surface area (TPSA) is 66.5 Å². The summed E-state index contributed by atoms with van der Waals surface area (Å²) in [5.41, 5.74) is 8.57. The Hall–Kier alpha value is -1.62. The first-order valence-electron chi connectivity index (χ1n) is 6.28. The van der Waals surface area contributed by atoms with E-state index in [2.05, 4.69) is 0 Å². The highest BCUT2D eigenvalue weighted by molar-refractivity contribution is 6.79. The van der Waals surface area contributed by atoms with Crippen molar-refractivity contribution >= 4 is 17.8 Å². The summed E-state index contributed by atoms with van der Waals surface area (Å²) >= 11 is 0. The molecule has 0 aliphatic rings. The van der Waals surface area contributed by atoms with Crippen LogP contribution in [0.15, 0.2) is 54.6 Å². The lowest BCUT2D eigenvalue weighted by molar-refractivity contribution is 0.399. The summed E-state index contributed by atoms with van der Waals surface area (Å²) in [6.45, 7) is 0.0253. The smallest absolute Gasteiger partial charge is 0.359 e. The molecule has 0 saturated carbocycles. The molecule has 2 aromatic rings. The van der Waals surface area contributed by atoms with Gasteiger partial charge in [0.05, 0.1) is 0 Å². The van der Waals surface area contributed by atoms with E-state index in [4.69, 9.17) is 10.8 Å². The molecule has 0 atom stereocenters. The predicted molar refractivity (Wildman–Crippen MR) is 81.0 cm³/mol. The molecule has 0 aromatic heterocycles. The molecule has 100 valence electrons. The van der Waals surface area contributed by atoms with Crippen LogP contribution in [0.2, 0.25) is 0 Å². The van der Waals surface area contributed by atoms with Gasteiger partial charge in [0, 0.05) is 7.11 Å². The average Bonchev–Trinajstić information content (AvgIpc) is 2.50. The van der Waals surface area contributed by atoms with Crippen molar-refractivity contribution in [1.82, 2.24) is 0 Å². The molecular weight excluding hydrogens is 237 g/mol. The third-order valence-corrected chi connectivity index (χ3v) is 2.88. The first-order valence-corrected chi connectivity index (χ1v) is 6.28. The summed E-state index contributed by atoms with van der Waals surface area (Å²) in [6.07, 6.45) is 0.792. The fraction of sp³-hybridized carbons (Fsp3) is 0.200. The molecular formula is C15H20BNO2. The molecule has 0 aliphatic carbocycles. The van der Waals surface area contributed by atoms with E-state index in [0.717, 1.165) is 30.0 Å². The summed E-state index contributed by atoms with van der Waals surface area (Å²) in [6, 6.07) is 17.6. The number of aliphatic hydroxyl groups is 1. The second-order valence-corrected chi connectivity index (χ2v) is 4.05. The molecule has 2 aromatic carbocycles. The van der Waals surface area contributed by atoms with Gasteiger partial charge in [0.2, 0.25) is 0 Å². The van der Waals surface area contributed by atoms with Crippen LogP contribution in [-0.2, 0) is 6.42 Å². The highest BCUT2D eigenvalue weighted by Gasteiger charge is 2.18. The van der Waals surface area contributed by atoms with Crippen molar-refractivity contribution in [1.29, 1.82) is 0 Å². The van der Waals surface area contributed by atoms with Crippen LogP contribution in [0.1, 0.15) is 5.56 Å². The molecule has 3 nitrogen and oxygen atoms in total. The summed E-state index contributed by atoms with van der Waals surface area (Å²) in [5.74, 6) is 0. The van der Waals surface area contributed by atoms with Gasteiger partial charge in [0.15, 0.2) is 0 Å². The van der Waals surface area contributed by atoms with Crippen LogP contribution >= 0.6 is 0 Å². The summed E-state index contributed by atoms with van der Waals surface area (Å²) < 4.78 is 0. The Balaban J connectivity index is 0.000000861. The molecule has 0 aliphatic heterocycles. The fourth-order valence-electron chi connectivity index (χ4n) is 2.00. The lowest BCUT2D eigenvalue weighted by atomic mass is 9.54. The van der Waals surface area contributed by atoms with Crippen LogP contribution in [0.3, 0.4) is 0 Å². The molecule has 0 unspecified atom stereocenters. The van der Waals surface area contributed by atoms with E-state index in [1.807, 2.05) is 54.6 Å². The largest absolute Gasteiger partial charge is 0.443 e. The van der Waals surface area contributed by atoms with Crippen molar-refractivity contribution < 1.29 is 10.1 Å². The van der Waals surface area contributed by atoms with Gasteiger partial charge < -0.3 is 15.9 Å². The van der Waals surface area contributed by atoms with Crippen LogP contribution in [-0.4, -0.2) is 30.7 Å². The third kappa shape index (κ3) is 4.21. The van der Waals surface area contributed by atoms with E-state index >= 15 is 0 Å². The van der Waals surface area contributed by atoms with Gasteiger partial charge in [-0.3, -0.25) is 0 Å². The first kappa shape index (κ1) is 15.4. The van der Waals surface area contributed by atoms with E-state index in [9.17, 15) is 5.02 Å². The quantitative estimate of drug-likeness (QED) is 0.670. The molecule has 0 amide bonds. The summed E-state index contributed by atoms with van der Waals surface area (Å²) in [5, 5.41) is 17.4. The molecule has 0 bridgehead atoms. The predicted octanol–water partition coefficient (Wildman–Crippen LogP) is -0.106. The maximum atomic E-state index is 10.4. The summed E-state index contributed by atoms with van der Waals surface area (Å²) in [7, 11) is 1.00. The lowest BCUT2D eigenvalue weighted by Gasteiger charge is -2.12. The molecule has 4 heteroatoms. The number of nitrogens with two attached hydrogens (primary N) is 1. The molecule has 0 radical (unpaired) electrons. The Morgan fingerprint density at radius 2 is 1.53 bits per heavy atom. The number of benzene rings is 2. The van der Waals surface area contributed by atoms with Crippen LogP contribution in [0.25, 0.3) is 0 Å². The second-order valence-electron chi connectivity index (χ2n) is 4.05. The van der Waals surface area contributed by atoms with Gasteiger partial charge >= 0.3 is 6.92 Å². The van der Waals surface area contributed by atoms with Crippen molar-refractivity contribution in [2.24, 2.45) is 5.73 Å². The van der Waals surface area contributed by atoms with Gasteiger partial charge in [-0.15, -0.1) is 0 Å². The highest BCUT2D eigenvalue weighted by atomic mass is 16.2. The molecule has 0 spiro atoms. The maximum Gasteiger partial charge on any atom is 0.359 e. The van der Waals surface area contributed by atoms with Crippen molar-refractivity contribution in [3.8, 4) is 0 Å². The van der Waals surface area contributed by atoms with Gasteiger partial charge in [-0.2, -0.15) is 0 Å². The van der Waals surface area contributed by atoms with Crippen molar-refractivity contribution in [3.63, 3.8) is 0 Å². The zero-order valence-corrected chi connectivity index (χ0v) is 11.2. The number of hydrogen-bond acceptors (Lipinski definition) is 3. The third-order valence-electron chi connectivity index (χ3n) is 2.88. The minimum absolute atomic E-state index is 0.570. The van der Waals surface area contributed by atoms with Crippen LogP contribution in [0.5, 0.6) is 0 Å². The normalized spacial score (nSPS) is 9.47. The zero-order chi connectivity index (χ0) is 14.1. The number of rotatable bonds is 4. The highest BCUT2D eigenvalue weighted by Crippen LogP contribution is 1.99. The monoisotopic (exact) mass is 257 g/mol. The molecule has 0 heterocycles. The Bertz CT molecular complexity index is 477. The minimum atomic E-state index is -0.570. The standard InChI is InChI=1S/C14H16BNO.CH4O/c16-11-10-12-6-4-5-9-14(12)15(17)13-7-2-1-3-8-13;1-2/h1-9,17H,10-11,16H2;2H,1H3. The van der Waals surface area contributed by atoms with E-state index in [-0.39, 0.29) is 0 Å². The zero-order valence-electron chi connectivity index (χ0n) is 11.2. The van der Waals surface area contributed by atoms with Crippen LogP contribution < -0.4 is 16.7 Å². The van der Waals surface area contributed by atoms with E-state index in [1.165, 1.54) is 0 Å². The van der Waals surface area contributed by atoms with E-state index in [0.29, 0.717) is 6.54 Å².